The minimum atomic E-state index is -3.39. The Bertz CT molecular complexity index is 1150. The summed E-state index contributed by atoms with van der Waals surface area (Å²) in [7, 11) is -3.39. The van der Waals surface area contributed by atoms with Gasteiger partial charge >= 0.3 is 5.97 Å². The van der Waals surface area contributed by atoms with Crippen molar-refractivity contribution < 1.29 is 22.7 Å². The van der Waals surface area contributed by atoms with E-state index in [1.54, 1.807) is 0 Å². The number of hydrogen-bond acceptors (Lipinski definition) is 6. The Labute approximate surface area is 167 Å². The molecule has 0 saturated heterocycles. The summed E-state index contributed by atoms with van der Waals surface area (Å²) in [5.41, 5.74) is 1.51. The van der Waals surface area contributed by atoms with E-state index in [2.05, 4.69) is 4.72 Å². The predicted octanol–water partition coefficient (Wildman–Crippen LogP) is 4.01. The van der Waals surface area contributed by atoms with E-state index < -0.39 is 22.1 Å². The molecule has 28 heavy (non-hydrogen) atoms. The fourth-order valence-corrected chi connectivity index (χ4v) is 4.44. The smallest absolute Gasteiger partial charge is 0.349 e. The molecule has 1 heterocycles. The molecule has 1 atom stereocenters. The van der Waals surface area contributed by atoms with Crippen LogP contribution in [0.3, 0.4) is 0 Å². The maximum atomic E-state index is 12.6. The van der Waals surface area contributed by atoms with Gasteiger partial charge < -0.3 is 4.74 Å². The Hall–Kier alpha value is -2.71. The van der Waals surface area contributed by atoms with Gasteiger partial charge in [0.1, 0.15) is 4.88 Å². The van der Waals surface area contributed by atoms with Gasteiger partial charge in [0.15, 0.2) is 6.10 Å². The Balaban J connectivity index is 1.72. The fourth-order valence-electron chi connectivity index (χ4n) is 2.79. The van der Waals surface area contributed by atoms with Crippen LogP contribution in [-0.4, -0.2) is 32.5 Å². The zero-order valence-electron chi connectivity index (χ0n) is 15.6. The van der Waals surface area contributed by atoms with Gasteiger partial charge in [0.05, 0.1) is 6.26 Å². The number of sulfonamides is 1. The molecule has 146 valence electrons. The van der Waals surface area contributed by atoms with Crippen LogP contribution in [0, 0.1) is 6.92 Å². The SMILES string of the molecule is Cc1c(C(=O)O[C@@H](C)C(=O)c2ccc(NS(C)(=O)=O)cc2)sc2ccccc12. The van der Waals surface area contributed by atoms with Crippen molar-refractivity contribution in [2.75, 3.05) is 11.0 Å². The molecule has 0 aliphatic carbocycles. The third-order valence-electron chi connectivity index (χ3n) is 4.15. The molecule has 0 unspecified atom stereocenters. The number of benzene rings is 2. The van der Waals surface area contributed by atoms with Gasteiger partial charge in [0.25, 0.3) is 0 Å². The predicted molar refractivity (Wildman–Crippen MR) is 111 cm³/mol. The second-order valence-corrected chi connectivity index (χ2v) is 9.22. The quantitative estimate of drug-likeness (QED) is 0.483. The van der Waals surface area contributed by atoms with Crippen LogP contribution in [0.15, 0.2) is 48.5 Å². The molecule has 0 aliphatic rings. The highest BCUT2D eigenvalue weighted by Crippen LogP contribution is 2.31. The molecule has 0 radical (unpaired) electrons. The van der Waals surface area contributed by atoms with Gasteiger partial charge in [-0.25, -0.2) is 13.2 Å². The summed E-state index contributed by atoms with van der Waals surface area (Å²) in [6.07, 6.45) is 0.0784. The summed E-state index contributed by atoms with van der Waals surface area (Å²) in [6, 6.07) is 13.6. The molecule has 2 aromatic carbocycles. The van der Waals surface area contributed by atoms with Gasteiger partial charge in [-0.2, -0.15) is 0 Å². The normalized spacial score (nSPS) is 12.5. The first-order valence-corrected chi connectivity index (χ1v) is 11.2. The number of nitrogens with one attached hydrogen (secondary N) is 1. The number of carbonyl (C=O) groups is 2. The number of esters is 1. The van der Waals surface area contributed by atoms with E-state index >= 15 is 0 Å². The highest BCUT2D eigenvalue weighted by atomic mass is 32.2. The maximum absolute atomic E-state index is 12.6. The number of hydrogen-bond donors (Lipinski definition) is 1. The van der Waals surface area contributed by atoms with E-state index in [4.69, 9.17) is 4.74 Å². The summed E-state index contributed by atoms with van der Waals surface area (Å²) in [4.78, 5) is 25.6. The van der Waals surface area contributed by atoms with Crippen LogP contribution < -0.4 is 4.72 Å². The van der Waals surface area contributed by atoms with Crippen molar-refractivity contribution in [2.45, 2.75) is 20.0 Å². The van der Waals surface area contributed by atoms with Crippen molar-refractivity contribution in [2.24, 2.45) is 0 Å². The number of thiophene rings is 1. The van der Waals surface area contributed by atoms with E-state index in [1.165, 1.54) is 42.5 Å². The fraction of sp³-hybridized carbons (Fsp3) is 0.200. The topological polar surface area (TPSA) is 89.5 Å². The van der Waals surface area contributed by atoms with E-state index in [-0.39, 0.29) is 5.78 Å². The van der Waals surface area contributed by atoms with Crippen LogP contribution in [0.2, 0.25) is 0 Å². The number of rotatable bonds is 6. The highest BCUT2D eigenvalue weighted by molar-refractivity contribution is 7.92. The monoisotopic (exact) mass is 417 g/mol. The Morgan fingerprint density at radius 2 is 1.71 bits per heavy atom. The maximum Gasteiger partial charge on any atom is 0.349 e. The van der Waals surface area contributed by atoms with Crippen LogP contribution in [0.25, 0.3) is 10.1 Å². The largest absolute Gasteiger partial charge is 0.450 e. The number of ketones is 1. The molecule has 0 amide bonds. The third-order valence-corrected chi connectivity index (χ3v) is 6.01. The molecule has 1 N–H and O–H groups in total. The van der Waals surface area contributed by atoms with E-state index in [1.807, 2.05) is 31.2 Å². The van der Waals surface area contributed by atoms with Gasteiger partial charge in [-0.05, 0) is 55.1 Å². The zero-order valence-corrected chi connectivity index (χ0v) is 17.2. The second-order valence-electron chi connectivity index (χ2n) is 6.42. The van der Waals surface area contributed by atoms with Crippen molar-refractivity contribution in [3.05, 3.63) is 64.5 Å². The Morgan fingerprint density at radius 1 is 1.07 bits per heavy atom. The highest BCUT2D eigenvalue weighted by Gasteiger charge is 2.23. The summed E-state index contributed by atoms with van der Waals surface area (Å²) in [5.74, 6) is -0.895. The first-order valence-electron chi connectivity index (χ1n) is 8.47. The third kappa shape index (κ3) is 4.40. The van der Waals surface area contributed by atoms with E-state index in [9.17, 15) is 18.0 Å². The second kappa shape index (κ2) is 7.73. The molecule has 6 nitrogen and oxygen atoms in total. The lowest BCUT2D eigenvalue weighted by Crippen LogP contribution is -2.24. The lowest BCUT2D eigenvalue weighted by Gasteiger charge is -2.12. The number of aryl methyl sites for hydroxylation is 1. The summed E-state index contributed by atoms with van der Waals surface area (Å²) >= 11 is 1.34. The molecule has 3 rings (SSSR count). The van der Waals surface area contributed by atoms with Gasteiger partial charge in [0, 0.05) is 16.0 Å². The molecule has 0 bridgehead atoms. The summed E-state index contributed by atoms with van der Waals surface area (Å²) < 4.78 is 31.2. The molecule has 0 fully saturated rings. The van der Waals surface area contributed by atoms with Gasteiger partial charge in [-0.3, -0.25) is 9.52 Å². The van der Waals surface area contributed by atoms with E-state index in [0.717, 1.165) is 21.9 Å². The summed E-state index contributed by atoms with van der Waals surface area (Å²) in [5, 5.41) is 0.993. The average Bonchev–Trinajstić information content (AvgIpc) is 2.97. The number of ether oxygens (including phenoxy) is 1. The standard InChI is InChI=1S/C20H19NO5S2/c1-12-16-6-4-5-7-17(16)27-19(12)20(23)26-13(2)18(22)14-8-10-15(11-9-14)21-28(3,24)25/h4-11,13,21H,1-3H3/t13-/m0/s1. The average molecular weight is 418 g/mol. The van der Waals surface area contributed by atoms with Crippen LogP contribution in [0.1, 0.15) is 32.5 Å². The first-order chi connectivity index (χ1) is 13.2. The Morgan fingerprint density at radius 3 is 2.32 bits per heavy atom. The number of anilines is 1. The van der Waals surface area contributed by atoms with Crippen LogP contribution in [-0.2, 0) is 14.8 Å². The molecule has 0 saturated carbocycles. The molecule has 0 spiro atoms. The number of carbonyl (C=O) groups excluding carboxylic acids is 2. The van der Waals surface area contributed by atoms with Crippen molar-refractivity contribution in [3.63, 3.8) is 0 Å². The summed E-state index contributed by atoms with van der Waals surface area (Å²) in [6.45, 7) is 3.38. The molecule has 1 aromatic heterocycles. The first kappa shape index (κ1) is 20.0. The van der Waals surface area contributed by atoms with Crippen molar-refractivity contribution >= 4 is 48.9 Å². The molecular weight excluding hydrogens is 398 g/mol. The van der Waals surface area contributed by atoms with Gasteiger partial charge in [-0.1, -0.05) is 18.2 Å². The molecular formula is C20H19NO5S2. The molecule has 0 aliphatic heterocycles. The minimum Gasteiger partial charge on any atom is -0.450 e. The minimum absolute atomic E-state index is 0.326. The Kier molecular flexibility index (Phi) is 5.53. The van der Waals surface area contributed by atoms with Crippen molar-refractivity contribution in [3.8, 4) is 0 Å². The zero-order chi connectivity index (χ0) is 20.5. The van der Waals surface area contributed by atoms with Gasteiger partial charge in [-0.15, -0.1) is 11.3 Å². The lowest BCUT2D eigenvalue weighted by atomic mass is 10.1. The van der Waals surface area contributed by atoms with E-state index in [0.29, 0.717) is 16.1 Å². The van der Waals surface area contributed by atoms with Gasteiger partial charge in [0.2, 0.25) is 15.8 Å². The van der Waals surface area contributed by atoms with Crippen LogP contribution in [0.5, 0.6) is 0 Å². The molecule has 8 heteroatoms. The van der Waals surface area contributed by atoms with Crippen LogP contribution >= 0.6 is 11.3 Å². The van der Waals surface area contributed by atoms with Crippen molar-refractivity contribution in [1.82, 2.24) is 0 Å². The molecule has 3 aromatic rings. The lowest BCUT2D eigenvalue weighted by molar-refractivity contribution is 0.0323. The number of fused-ring (bicyclic) bond motifs is 1. The van der Waals surface area contributed by atoms with Crippen molar-refractivity contribution in [1.29, 1.82) is 0 Å². The van der Waals surface area contributed by atoms with Crippen LogP contribution in [0.4, 0.5) is 5.69 Å². The number of Topliss-reactive ketones (excluding diaryl/α,β-unsaturated/α-hetero) is 1.